The van der Waals surface area contributed by atoms with E-state index in [0.717, 1.165) is 29.5 Å². The van der Waals surface area contributed by atoms with Gasteiger partial charge in [-0.05, 0) is 86.7 Å². The summed E-state index contributed by atoms with van der Waals surface area (Å²) in [5, 5.41) is 10.7. The first-order chi connectivity index (χ1) is 25.9. The lowest BCUT2D eigenvalue weighted by molar-refractivity contribution is -0.149. The van der Waals surface area contributed by atoms with Crippen LogP contribution < -0.4 is 21.3 Å². The van der Waals surface area contributed by atoms with Crippen molar-refractivity contribution in [1.82, 2.24) is 26.2 Å². The predicted octanol–water partition coefficient (Wildman–Crippen LogP) is 4.95. The third kappa shape index (κ3) is 12.0. The minimum Gasteiger partial charge on any atom is -0.460 e. The third-order valence-electron chi connectivity index (χ3n) is 11.1. The molecule has 0 bridgehead atoms. The van der Waals surface area contributed by atoms with Crippen LogP contribution in [-0.4, -0.2) is 84.3 Å². The number of ether oxygens (including phenoxy) is 1. The smallest absolute Gasteiger partial charge is 0.333 e. The maximum absolute atomic E-state index is 14.5. The van der Waals surface area contributed by atoms with Gasteiger partial charge in [-0.15, -0.1) is 0 Å². The van der Waals surface area contributed by atoms with E-state index in [1.165, 1.54) is 30.4 Å². The minimum atomic E-state index is -1.10. The molecule has 2 unspecified atom stereocenters. The molecule has 3 aliphatic rings. The predicted molar refractivity (Wildman–Crippen MR) is 212 cm³/mol. The normalized spacial score (nSPS) is 19.8. The number of likely N-dealkylation sites (tertiary alicyclic amines) is 1. The number of amides is 5. The number of unbranched alkanes of at least 4 members (excludes halogenated alkanes) is 1. The van der Waals surface area contributed by atoms with Gasteiger partial charge in [-0.1, -0.05) is 89.1 Å². The number of Topliss-reactive ketones (excluding diaryl/α,β-unsaturated/α-hetero) is 1. The van der Waals surface area contributed by atoms with E-state index in [9.17, 15) is 28.8 Å². The van der Waals surface area contributed by atoms with Gasteiger partial charge in [0.05, 0.1) is 6.04 Å². The summed E-state index contributed by atoms with van der Waals surface area (Å²) in [6.07, 6.45) is 7.65. The molecule has 2 fully saturated rings. The molecule has 1 aromatic carbocycles. The van der Waals surface area contributed by atoms with Crippen LogP contribution in [0, 0.1) is 23.2 Å². The maximum atomic E-state index is 14.5. The van der Waals surface area contributed by atoms with Gasteiger partial charge in [0, 0.05) is 26.4 Å². The number of rotatable bonds is 17. The van der Waals surface area contributed by atoms with Gasteiger partial charge in [-0.3, -0.25) is 19.2 Å². The van der Waals surface area contributed by atoms with Crippen molar-refractivity contribution in [1.29, 1.82) is 0 Å². The Morgan fingerprint density at radius 1 is 0.964 bits per heavy atom. The Kier molecular flexibility index (Phi) is 14.9. The van der Waals surface area contributed by atoms with E-state index in [1.807, 2.05) is 72.7 Å². The molecule has 1 aromatic rings. The van der Waals surface area contributed by atoms with Crippen LogP contribution in [0.5, 0.6) is 0 Å². The lowest BCUT2D eigenvalue weighted by Crippen LogP contribution is -2.60. The molecule has 1 aliphatic heterocycles. The number of nitrogens with one attached hydrogen (secondary N) is 4. The summed E-state index contributed by atoms with van der Waals surface area (Å²) in [7, 11) is 1.37. The highest BCUT2D eigenvalue weighted by molar-refractivity contribution is 6.38. The number of esters is 1. The molecule has 1 heterocycles. The fourth-order valence-corrected chi connectivity index (χ4v) is 7.53. The lowest BCUT2D eigenvalue weighted by atomic mass is 9.85. The van der Waals surface area contributed by atoms with Crippen molar-refractivity contribution in [3.63, 3.8) is 0 Å². The zero-order chi connectivity index (χ0) is 40.6. The second-order valence-corrected chi connectivity index (χ2v) is 17.3. The molecular formula is C43H63N5O7. The Labute approximate surface area is 327 Å². The highest BCUT2D eigenvalue weighted by Gasteiger charge is 2.46. The zero-order valence-corrected chi connectivity index (χ0v) is 34.1. The molecule has 0 radical (unpaired) electrons. The Morgan fingerprint density at radius 3 is 2.15 bits per heavy atom. The number of allylic oxidation sites excluding steroid dienone is 2. The second-order valence-electron chi connectivity index (χ2n) is 17.3. The van der Waals surface area contributed by atoms with Crippen LogP contribution in [0.15, 0.2) is 48.1 Å². The molecular weight excluding hydrogens is 699 g/mol. The minimum absolute atomic E-state index is 0.0192. The first-order valence-electron chi connectivity index (χ1n) is 19.9. The molecule has 2 aliphatic carbocycles. The molecule has 4 rings (SSSR count). The summed E-state index contributed by atoms with van der Waals surface area (Å²) in [6.45, 7) is 17.6. The number of fused-ring (bicyclic) bond motifs is 1. The Balaban J connectivity index is 1.47. The lowest BCUT2D eigenvalue weighted by Gasteiger charge is -2.36. The summed E-state index contributed by atoms with van der Waals surface area (Å²) < 4.78 is 5.86. The standard InChI is InChI=1S/C43H63N5O7/c1-25(2)20-34(41(53)55-32-21-29-15-11-12-16-30(29)22-32)46-42(54)47-37(43(6,7)8)40(52)48-24-31(26(3)4)23-35(48)38(50)45-33(36(49)39(51)44-9)17-13-10-14-27(5)28-18-19-28/h11-12,15-16,20,26,28,31-35,37H,5,10,13-14,17-19,21-24H2,1-4,6-9H3,(H,44,51)(H,45,50)(H2,46,47,54)/t31-,33?,34?,35+,37-/m1/s1. The van der Waals surface area contributed by atoms with Crippen molar-refractivity contribution in [2.75, 3.05) is 13.6 Å². The summed E-state index contributed by atoms with van der Waals surface area (Å²) in [4.78, 5) is 82.8. The van der Waals surface area contributed by atoms with E-state index in [-0.39, 0.29) is 30.9 Å². The van der Waals surface area contributed by atoms with E-state index < -0.39 is 65.1 Å². The average Bonchev–Trinajstić information content (AvgIpc) is 3.74. The number of hydrogen-bond donors (Lipinski definition) is 4. The van der Waals surface area contributed by atoms with Crippen LogP contribution in [0.2, 0.25) is 0 Å². The van der Waals surface area contributed by atoms with E-state index in [2.05, 4.69) is 27.8 Å². The molecule has 55 heavy (non-hydrogen) atoms. The molecule has 12 nitrogen and oxygen atoms in total. The highest BCUT2D eigenvalue weighted by atomic mass is 16.5. The van der Waals surface area contributed by atoms with Crippen molar-refractivity contribution < 1.29 is 33.5 Å². The summed E-state index contributed by atoms with van der Waals surface area (Å²) in [6, 6.07) is 3.06. The number of benzene rings is 1. The average molecular weight is 762 g/mol. The number of ketones is 1. The molecule has 1 saturated heterocycles. The highest BCUT2D eigenvalue weighted by Crippen LogP contribution is 2.38. The zero-order valence-electron chi connectivity index (χ0n) is 34.1. The number of likely N-dealkylation sites (N-methyl/N-ethyl adjacent to an activating group) is 1. The van der Waals surface area contributed by atoms with Crippen molar-refractivity contribution >= 4 is 35.5 Å². The number of carbonyl (C=O) groups is 6. The van der Waals surface area contributed by atoms with Crippen LogP contribution in [0.4, 0.5) is 4.79 Å². The molecule has 0 spiro atoms. The van der Waals surface area contributed by atoms with Gasteiger partial charge in [0.25, 0.3) is 5.91 Å². The summed E-state index contributed by atoms with van der Waals surface area (Å²) in [5.74, 6) is -2.39. The largest absolute Gasteiger partial charge is 0.460 e. The topological polar surface area (TPSA) is 163 Å². The maximum Gasteiger partial charge on any atom is 0.333 e. The number of carbonyl (C=O) groups excluding carboxylic acids is 6. The molecule has 0 aromatic heterocycles. The van der Waals surface area contributed by atoms with Crippen LogP contribution in [0.1, 0.15) is 105 Å². The first kappa shape index (κ1) is 43.3. The number of nitrogens with zero attached hydrogens (tertiary/aromatic N) is 1. The van der Waals surface area contributed by atoms with Crippen LogP contribution in [-0.2, 0) is 41.6 Å². The van der Waals surface area contributed by atoms with E-state index >= 15 is 0 Å². The number of urea groups is 1. The fourth-order valence-electron chi connectivity index (χ4n) is 7.53. The number of hydrogen-bond acceptors (Lipinski definition) is 7. The van der Waals surface area contributed by atoms with Crippen molar-refractivity contribution in [2.45, 2.75) is 137 Å². The molecule has 4 N–H and O–H groups in total. The monoisotopic (exact) mass is 761 g/mol. The Morgan fingerprint density at radius 2 is 1.60 bits per heavy atom. The molecule has 5 amide bonds. The van der Waals surface area contributed by atoms with Gasteiger partial charge < -0.3 is 30.9 Å². The first-order valence-corrected chi connectivity index (χ1v) is 19.9. The van der Waals surface area contributed by atoms with Gasteiger partial charge in [-0.2, -0.15) is 0 Å². The fraction of sp³-hybridized carbons (Fsp3) is 0.628. The molecule has 1 saturated carbocycles. The molecule has 5 atom stereocenters. The van der Waals surface area contributed by atoms with Crippen LogP contribution in [0.3, 0.4) is 0 Å². The summed E-state index contributed by atoms with van der Waals surface area (Å²) >= 11 is 0. The van der Waals surface area contributed by atoms with Crippen molar-refractivity contribution in [3.05, 3.63) is 59.2 Å². The van der Waals surface area contributed by atoms with Gasteiger partial charge in [-0.25, -0.2) is 9.59 Å². The van der Waals surface area contributed by atoms with Crippen molar-refractivity contribution in [2.24, 2.45) is 23.2 Å². The second kappa shape index (κ2) is 18.9. The van der Waals surface area contributed by atoms with Crippen molar-refractivity contribution in [3.8, 4) is 0 Å². The van der Waals surface area contributed by atoms with Gasteiger partial charge in [0.1, 0.15) is 24.2 Å². The van der Waals surface area contributed by atoms with E-state index in [1.54, 1.807) is 6.08 Å². The van der Waals surface area contributed by atoms with Crippen LogP contribution >= 0.6 is 0 Å². The van der Waals surface area contributed by atoms with Gasteiger partial charge in [0.2, 0.25) is 17.6 Å². The van der Waals surface area contributed by atoms with Gasteiger partial charge in [0.15, 0.2) is 0 Å². The SMILES string of the molecule is C=C(CCCCC(NC(=O)[C@@H]1C[C@@H](C(C)C)CN1C(=O)[C@@H](NC(=O)NC(C=C(C)C)C(=O)OC1Cc2ccccc2C1)C(C)(C)C)C(=O)C(=O)NC)C1CC1. The third-order valence-corrected chi connectivity index (χ3v) is 11.1. The Hall–Kier alpha value is -4.48. The van der Waals surface area contributed by atoms with E-state index in [4.69, 9.17) is 4.74 Å². The summed E-state index contributed by atoms with van der Waals surface area (Å²) in [5.41, 5.74) is 3.46. The van der Waals surface area contributed by atoms with E-state index in [0.29, 0.717) is 31.6 Å². The molecule has 302 valence electrons. The molecule has 12 heteroatoms. The van der Waals surface area contributed by atoms with Crippen LogP contribution in [0.25, 0.3) is 0 Å². The quantitative estimate of drug-likeness (QED) is 0.0756. The Bertz CT molecular complexity index is 1610. The van der Waals surface area contributed by atoms with Gasteiger partial charge >= 0.3 is 12.0 Å².